The molecule has 0 aliphatic heterocycles. The number of pyridine rings is 1. The number of nitrogens with one attached hydrogen (secondary N) is 2. The minimum atomic E-state index is -0.508. The summed E-state index contributed by atoms with van der Waals surface area (Å²) in [6, 6.07) is 3.21. The van der Waals surface area contributed by atoms with Crippen LogP contribution in [0.4, 0.5) is 5.69 Å². The summed E-state index contributed by atoms with van der Waals surface area (Å²) < 4.78 is 4.55. The smallest absolute Gasteiger partial charge is 0.356 e. The van der Waals surface area contributed by atoms with Crippen molar-refractivity contribution in [3.8, 4) is 0 Å². The normalized spacial score (nSPS) is 9.53. The summed E-state index contributed by atoms with van der Waals surface area (Å²) in [5.74, 6) is -0.615. The van der Waals surface area contributed by atoms with E-state index in [0.29, 0.717) is 12.2 Å². The Morgan fingerprint density at radius 1 is 1.47 bits per heavy atom. The molecule has 92 valence electrons. The molecular formula is C11H15N3O3. The van der Waals surface area contributed by atoms with E-state index in [0.717, 1.165) is 0 Å². The van der Waals surface area contributed by atoms with Gasteiger partial charge in [-0.1, -0.05) is 0 Å². The first-order chi connectivity index (χ1) is 8.17. The maximum Gasteiger partial charge on any atom is 0.356 e. The lowest BCUT2D eigenvalue weighted by atomic mass is 10.3. The van der Waals surface area contributed by atoms with Crippen LogP contribution >= 0.6 is 0 Å². The van der Waals surface area contributed by atoms with Gasteiger partial charge in [0.05, 0.1) is 13.7 Å². The van der Waals surface area contributed by atoms with E-state index in [1.165, 1.54) is 19.4 Å². The summed E-state index contributed by atoms with van der Waals surface area (Å²) in [6.45, 7) is 2.59. The molecule has 0 spiro atoms. The van der Waals surface area contributed by atoms with Gasteiger partial charge in [0, 0.05) is 18.4 Å². The third kappa shape index (κ3) is 4.10. The molecule has 0 atom stereocenters. The zero-order valence-electron chi connectivity index (χ0n) is 9.82. The van der Waals surface area contributed by atoms with E-state index >= 15 is 0 Å². The standard InChI is InChI=1S/C11H15N3O3/c1-3-12-10(15)7-14-8-4-5-13-9(6-8)11(16)17-2/h4-6H,3,7H2,1-2H3,(H,12,15)(H,13,14). The minimum absolute atomic E-state index is 0.107. The number of ether oxygens (including phenoxy) is 1. The van der Waals surface area contributed by atoms with E-state index in [4.69, 9.17) is 0 Å². The minimum Gasteiger partial charge on any atom is -0.464 e. The van der Waals surface area contributed by atoms with Gasteiger partial charge >= 0.3 is 5.97 Å². The first-order valence-electron chi connectivity index (χ1n) is 5.22. The number of methoxy groups -OCH3 is 1. The van der Waals surface area contributed by atoms with Gasteiger partial charge < -0.3 is 15.4 Å². The van der Waals surface area contributed by atoms with Crippen LogP contribution in [0.2, 0.25) is 0 Å². The zero-order chi connectivity index (χ0) is 12.7. The molecule has 1 amide bonds. The molecule has 0 aromatic carbocycles. The Labute approximate surface area is 99.4 Å². The number of anilines is 1. The van der Waals surface area contributed by atoms with Crippen molar-refractivity contribution >= 4 is 17.6 Å². The molecule has 0 bridgehead atoms. The fraction of sp³-hybridized carbons (Fsp3) is 0.364. The highest BCUT2D eigenvalue weighted by Crippen LogP contribution is 2.08. The largest absolute Gasteiger partial charge is 0.464 e. The van der Waals surface area contributed by atoms with Gasteiger partial charge in [0.15, 0.2) is 0 Å². The molecule has 17 heavy (non-hydrogen) atoms. The van der Waals surface area contributed by atoms with Gasteiger partial charge in [-0.3, -0.25) is 4.79 Å². The Kier molecular flexibility index (Phi) is 4.93. The number of esters is 1. The summed E-state index contributed by atoms with van der Waals surface area (Å²) in [5, 5.41) is 5.54. The Bertz CT molecular complexity index is 407. The third-order valence-electron chi connectivity index (χ3n) is 1.98. The second kappa shape index (κ2) is 6.47. The number of carbonyl (C=O) groups excluding carboxylic acids is 2. The van der Waals surface area contributed by atoms with Gasteiger partial charge in [-0.15, -0.1) is 0 Å². The van der Waals surface area contributed by atoms with Crippen molar-refractivity contribution in [2.45, 2.75) is 6.92 Å². The molecule has 0 saturated heterocycles. The van der Waals surface area contributed by atoms with Gasteiger partial charge in [-0.2, -0.15) is 0 Å². The molecule has 6 heteroatoms. The lowest BCUT2D eigenvalue weighted by Crippen LogP contribution is -2.29. The van der Waals surface area contributed by atoms with E-state index in [9.17, 15) is 9.59 Å². The van der Waals surface area contributed by atoms with Crippen LogP contribution in [0.3, 0.4) is 0 Å². The van der Waals surface area contributed by atoms with Crippen LogP contribution in [0.5, 0.6) is 0 Å². The summed E-state index contributed by atoms with van der Waals surface area (Å²) >= 11 is 0. The van der Waals surface area contributed by atoms with Gasteiger partial charge in [0.1, 0.15) is 5.69 Å². The van der Waals surface area contributed by atoms with E-state index < -0.39 is 5.97 Å². The quantitative estimate of drug-likeness (QED) is 0.725. The van der Waals surface area contributed by atoms with Crippen molar-refractivity contribution in [1.29, 1.82) is 0 Å². The number of rotatable bonds is 5. The van der Waals surface area contributed by atoms with E-state index in [1.54, 1.807) is 6.07 Å². The molecule has 1 aromatic heterocycles. The molecular weight excluding hydrogens is 222 g/mol. The van der Waals surface area contributed by atoms with E-state index in [2.05, 4.69) is 20.4 Å². The topological polar surface area (TPSA) is 80.3 Å². The van der Waals surface area contributed by atoms with Crippen LogP contribution < -0.4 is 10.6 Å². The first-order valence-corrected chi connectivity index (χ1v) is 5.22. The predicted octanol–water partition coefficient (Wildman–Crippen LogP) is 0.416. The second-order valence-corrected chi connectivity index (χ2v) is 3.23. The van der Waals surface area contributed by atoms with Crippen molar-refractivity contribution in [3.05, 3.63) is 24.0 Å². The molecule has 0 radical (unpaired) electrons. The average Bonchev–Trinajstić information content (AvgIpc) is 2.36. The number of amides is 1. The number of aromatic nitrogens is 1. The number of likely N-dealkylation sites (N-methyl/N-ethyl adjacent to an activating group) is 1. The third-order valence-corrected chi connectivity index (χ3v) is 1.98. The van der Waals surface area contributed by atoms with Crippen molar-refractivity contribution in [2.24, 2.45) is 0 Å². The van der Waals surface area contributed by atoms with Gasteiger partial charge in [0.25, 0.3) is 0 Å². The Morgan fingerprint density at radius 3 is 2.88 bits per heavy atom. The zero-order valence-corrected chi connectivity index (χ0v) is 9.82. The molecule has 0 saturated carbocycles. The lowest BCUT2D eigenvalue weighted by molar-refractivity contribution is -0.119. The highest BCUT2D eigenvalue weighted by Gasteiger charge is 2.07. The van der Waals surface area contributed by atoms with E-state index in [1.807, 2.05) is 6.92 Å². The molecule has 1 heterocycles. The molecule has 6 nitrogen and oxygen atoms in total. The molecule has 0 aliphatic rings. The first kappa shape index (κ1) is 13.0. The number of carbonyl (C=O) groups is 2. The lowest BCUT2D eigenvalue weighted by Gasteiger charge is -2.07. The van der Waals surface area contributed by atoms with Crippen molar-refractivity contribution in [3.63, 3.8) is 0 Å². The van der Waals surface area contributed by atoms with Crippen LogP contribution in [0.1, 0.15) is 17.4 Å². The average molecular weight is 237 g/mol. The number of nitrogens with zero attached hydrogens (tertiary/aromatic N) is 1. The summed E-state index contributed by atoms with van der Waals surface area (Å²) in [7, 11) is 1.29. The number of hydrogen-bond acceptors (Lipinski definition) is 5. The molecule has 1 rings (SSSR count). The Hall–Kier alpha value is -2.11. The van der Waals surface area contributed by atoms with Crippen LogP contribution in [0.15, 0.2) is 18.3 Å². The van der Waals surface area contributed by atoms with Crippen LogP contribution in [-0.2, 0) is 9.53 Å². The summed E-state index contributed by atoms with van der Waals surface area (Å²) in [5.41, 5.74) is 0.847. The monoisotopic (exact) mass is 237 g/mol. The molecule has 0 unspecified atom stereocenters. The second-order valence-electron chi connectivity index (χ2n) is 3.23. The Balaban J connectivity index is 2.60. The predicted molar refractivity (Wildman–Crippen MR) is 62.7 cm³/mol. The molecule has 2 N–H and O–H groups in total. The highest BCUT2D eigenvalue weighted by molar-refractivity contribution is 5.88. The summed E-state index contributed by atoms with van der Waals surface area (Å²) in [6.07, 6.45) is 1.48. The van der Waals surface area contributed by atoms with Crippen LogP contribution in [-0.4, -0.2) is 37.1 Å². The fourth-order valence-electron chi connectivity index (χ4n) is 1.20. The van der Waals surface area contributed by atoms with Crippen LogP contribution in [0, 0.1) is 0 Å². The fourth-order valence-corrected chi connectivity index (χ4v) is 1.20. The van der Waals surface area contributed by atoms with Gasteiger partial charge in [-0.25, -0.2) is 9.78 Å². The number of hydrogen-bond donors (Lipinski definition) is 2. The van der Waals surface area contributed by atoms with Gasteiger partial charge in [0.2, 0.25) is 5.91 Å². The molecule has 0 fully saturated rings. The Morgan fingerprint density at radius 2 is 2.24 bits per heavy atom. The van der Waals surface area contributed by atoms with Crippen molar-refractivity contribution < 1.29 is 14.3 Å². The maximum absolute atomic E-state index is 11.2. The highest BCUT2D eigenvalue weighted by atomic mass is 16.5. The van der Waals surface area contributed by atoms with Crippen LogP contribution in [0.25, 0.3) is 0 Å². The molecule has 1 aromatic rings. The SMILES string of the molecule is CCNC(=O)CNc1ccnc(C(=O)OC)c1. The van der Waals surface area contributed by atoms with Crippen molar-refractivity contribution in [1.82, 2.24) is 10.3 Å². The molecule has 0 aliphatic carbocycles. The van der Waals surface area contributed by atoms with Gasteiger partial charge in [-0.05, 0) is 19.1 Å². The van der Waals surface area contributed by atoms with Crippen molar-refractivity contribution in [2.75, 3.05) is 25.5 Å². The summed E-state index contributed by atoms with van der Waals surface area (Å²) in [4.78, 5) is 26.3. The van der Waals surface area contributed by atoms with E-state index in [-0.39, 0.29) is 18.1 Å². The maximum atomic E-state index is 11.2.